The molecule has 0 bridgehead atoms. The first-order valence-electron chi connectivity index (χ1n) is 17.0. The van der Waals surface area contributed by atoms with Crippen molar-refractivity contribution >= 4 is 16.7 Å². The van der Waals surface area contributed by atoms with Gasteiger partial charge in [-0.25, -0.2) is 4.98 Å². The van der Waals surface area contributed by atoms with Crippen LogP contribution >= 0.6 is 0 Å². The fourth-order valence-electron chi connectivity index (χ4n) is 8.58. The highest BCUT2D eigenvalue weighted by Gasteiger charge is 2.51. The lowest BCUT2D eigenvalue weighted by atomic mass is 9.70. The number of hydrogen-bond donors (Lipinski definition) is 0. The Balaban J connectivity index is 1.03. The van der Waals surface area contributed by atoms with Crippen molar-refractivity contribution in [3.8, 4) is 56.0 Å². The predicted octanol–water partition coefficient (Wildman–Crippen LogP) is 10.6. The van der Waals surface area contributed by atoms with Crippen LogP contribution in [0.4, 0.5) is 0 Å². The topological polar surface area (TPSA) is 43.1 Å². The summed E-state index contributed by atoms with van der Waals surface area (Å²) in [4.78, 5) is 9.91. The summed E-state index contributed by atoms with van der Waals surface area (Å²) in [6.07, 6.45) is 0. The van der Waals surface area contributed by atoms with Gasteiger partial charge in [-0.2, -0.15) is 9.50 Å². The van der Waals surface area contributed by atoms with E-state index in [1.807, 2.05) is 34.8 Å². The zero-order chi connectivity index (χ0) is 32.8. The van der Waals surface area contributed by atoms with E-state index in [0.717, 1.165) is 33.3 Å². The van der Waals surface area contributed by atoms with Crippen LogP contribution in [0, 0.1) is 0 Å². The van der Waals surface area contributed by atoms with E-state index < -0.39 is 0 Å². The van der Waals surface area contributed by atoms with Crippen LogP contribution in [0.5, 0.6) is 0 Å². The second-order valence-corrected chi connectivity index (χ2v) is 13.2. The minimum absolute atomic E-state index is 0.357. The fraction of sp³-hybridized carbons (Fsp3) is 0.0217. The van der Waals surface area contributed by atoms with Crippen molar-refractivity contribution < 1.29 is 0 Å². The summed E-state index contributed by atoms with van der Waals surface area (Å²) >= 11 is 0. The smallest absolute Gasteiger partial charge is 0.210 e. The first-order valence-corrected chi connectivity index (χ1v) is 17.0. The van der Waals surface area contributed by atoms with Crippen molar-refractivity contribution in [1.82, 2.24) is 19.6 Å². The normalized spacial score (nSPS) is 13.4. The predicted molar refractivity (Wildman–Crippen MR) is 201 cm³/mol. The third-order valence-electron chi connectivity index (χ3n) is 10.7. The fourth-order valence-corrected chi connectivity index (χ4v) is 8.58. The lowest BCUT2D eigenvalue weighted by Crippen LogP contribution is -2.25. The maximum Gasteiger partial charge on any atom is 0.253 e. The van der Waals surface area contributed by atoms with Crippen LogP contribution in [0.15, 0.2) is 170 Å². The Bertz CT molecular complexity index is 2750. The Morgan fingerprint density at radius 2 is 0.940 bits per heavy atom. The van der Waals surface area contributed by atoms with Crippen LogP contribution < -0.4 is 0 Å². The van der Waals surface area contributed by atoms with Gasteiger partial charge in [-0.05, 0) is 67.8 Å². The molecule has 2 heterocycles. The van der Waals surface area contributed by atoms with Crippen molar-refractivity contribution in [1.29, 1.82) is 0 Å². The van der Waals surface area contributed by atoms with Crippen molar-refractivity contribution in [3.63, 3.8) is 0 Å². The van der Waals surface area contributed by atoms with E-state index in [2.05, 4.69) is 140 Å². The summed E-state index contributed by atoms with van der Waals surface area (Å²) in [5.41, 5.74) is 16.5. The van der Waals surface area contributed by atoms with Crippen LogP contribution in [0.25, 0.3) is 72.7 Å². The molecule has 0 N–H and O–H groups in total. The number of fused-ring (bicyclic) bond motifs is 13. The second kappa shape index (κ2) is 10.2. The van der Waals surface area contributed by atoms with Crippen molar-refractivity contribution in [2.75, 3.05) is 0 Å². The van der Waals surface area contributed by atoms with Gasteiger partial charge < -0.3 is 0 Å². The van der Waals surface area contributed by atoms with E-state index in [1.165, 1.54) is 50.1 Å². The van der Waals surface area contributed by atoms with Gasteiger partial charge in [0.2, 0.25) is 0 Å². The van der Waals surface area contributed by atoms with Crippen LogP contribution in [-0.4, -0.2) is 19.6 Å². The summed E-state index contributed by atoms with van der Waals surface area (Å²) < 4.78 is 1.86. The highest BCUT2D eigenvalue weighted by molar-refractivity contribution is 5.96. The highest BCUT2D eigenvalue weighted by atomic mass is 15.3. The van der Waals surface area contributed by atoms with Gasteiger partial charge in [-0.15, -0.1) is 5.10 Å². The van der Waals surface area contributed by atoms with E-state index in [0.29, 0.717) is 11.6 Å². The second-order valence-electron chi connectivity index (χ2n) is 13.2. The van der Waals surface area contributed by atoms with Gasteiger partial charge in [-0.3, -0.25) is 0 Å². The van der Waals surface area contributed by atoms with Gasteiger partial charge in [-0.1, -0.05) is 158 Å². The summed E-state index contributed by atoms with van der Waals surface area (Å²) in [5.74, 6) is 1.24. The van der Waals surface area contributed by atoms with Crippen LogP contribution in [0.3, 0.4) is 0 Å². The molecule has 0 saturated heterocycles. The van der Waals surface area contributed by atoms with Crippen LogP contribution in [-0.2, 0) is 5.41 Å². The summed E-state index contributed by atoms with van der Waals surface area (Å²) in [5, 5.41) is 6.00. The minimum Gasteiger partial charge on any atom is -0.210 e. The monoisotopic (exact) mass is 636 g/mol. The van der Waals surface area contributed by atoms with Crippen molar-refractivity contribution in [2.24, 2.45) is 0 Å². The number of benzene rings is 7. The molecule has 0 aliphatic heterocycles. The van der Waals surface area contributed by atoms with Gasteiger partial charge in [0.1, 0.15) is 0 Å². The third-order valence-corrected chi connectivity index (χ3v) is 10.7. The molecule has 9 aromatic rings. The molecular formula is C46H28N4. The molecule has 232 valence electrons. The maximum atomic E-state index is 4.99. The quantitative estimate of drug-likeness (QED) is 0.194. The largest absolute Gasteiger partial charge is 0.253 e. The molecule has 0 fully saturated rings. The van der Waals surface area contributed by atoms with E-state index in [1.54, 1.807) is 0 Å². The first-order chi connectivity index (χ1) is 24.8. The zero-order valence-electron chi connectivity index (χ0n) is 27.0. The molecule has 1 spiro atoms. The highest BCUT2D eigenvalue weighted by Crippen LogP contribution is 2.63. The molecule has 4 heteroatoms. The van der Waals surface area contributed by atoms with E-state index in [9.17, 15) is 0 Å². The molecule has 2 aromatic heterocycles. The third kappa shape index (κ3) is 3.62. The molecule has 0 amide bonds. The Morgan fingerprint density at radius 1 is 0.400 bits per heavy atom. The molecule has 50 heavy (non-hydrogen) atoms. The number of rotatable bonds is 3. The lowest BCUT2D eigenvalue weighted by molar-refractivity contribution is 0.794. The van der Waals surface area contributed by atoms with E-state index in [4.69, 9.17) is 15.1 Å². The van der Waals surface area contributed by atoms with E-state index >= 15 is 0 Å². The van der Waals surface area contributed by atoms with Gasteiger partial charge in [0.15, 0.2) is 5.82 Å². The first kappa shape index (κ1) is 27.3. The Kier molecular flexibility index (Phi) is 5.56. The molecule has 0 atom stereocenters. The number of nitrogens with zero attached hydrogens (tertiary/aromatic N) is 4. The molecule has 2 aliphatic carbocycles. The molecule has 11 rings (SSSR count). The average Bonchev–Trinajstić information content (AvgIpc) is 3.85. The SMILES string of the molecule is c1ccc(-c2nc3nc(-c4ccc(-c5ccc6c(c5)C5(c7ccccc7-c7ccccc75)c5ccccc5-6)cc4)nn3c3ccccc23)cc1. The van der Waals surface area contributed by atoms with Crippen LogP contribution in [0.1, 0.15) is 22.3 Å². The Hall–Kier alpha value is -6.65. The van der Waals surface area contributed by atoms with Gasteiger partial charge in [0, 0.05) is 16.5 Å². The van der Waals surface area contributed by atoms with Gasteiger partial charge >= 0.3 is 0 Å². The zero-order valence-corrected chi connectivity index (χ0v) is 27.0. The molecule has 7 aromatic carbocycles. The molecule has 0 unspecified atom stereocenters. The van der Waals surface area contributed by atoms with Gasteiger partial charge in [0.05, 0.1) is 16.6 Å². The van der Waals surface area contributed by atoms with Crippen molar-refractivity contribution in [2.45, 2.75) is 5.41 Å². The summed E-state index contributed by atoms with van der Waals surface area (Å²) in [6.45, 7) is 0. The average molecular weight is 637 g/mol. The lowest BCUT2D eigenvalue weighted by Gasteiger charge is -2.30. The molecule has 2 aliphatic rings. The summed E-state index contributed by atoms with van der Waals surface area (Å²) in [6, 6.07) is 61.0. The standard InChI is InChI=1S/C46H28N4/c1-2-12-30(13-3-1)43-37-17-7-11-21-42(37)50-45(47-43)48-44(49-50)31-24-22-29(23-25-31)32-26-27-36-35-16-6-10-20-40(35)46(41(36)28-32)38-18-8-4-14-33(38)34-15-5-9-19-39(34)46/h1-28H. The molecular weight excluding hydrogens is 609 g/mol. The molecule has 0 radical (unpaired) electrons. The molecule has 0 saturated carbocycles. The maximum absolute atomic E-state index is 4.99. The Labute approximate surface area is 289 Å². The Morgan fingerprint density at radius 3 is 1.62 bits per heavy atom. The number of hydrogen-bond acceptors (Lipinski definition) is 3. The summed E-state index contributed by atoms with van der Waals surface area (Å²) in [7, 11) is 0. The van der Waals surface area contributed by atoms with E-state index in [-0.39, 0.29) is 5.41 Å². The minimum atomic E-state index is -0.357. The number of para-hydroxylation sites is 1. The number of aromatic nitrogens is 4. The van der Waals surface area contributed by atoms with Gasteiger partial charge in [0.25, 0.3) is 5.78 Å². The molecule has 4 nitrogen and oxygen atoms in total. The van der Waals surface area contributed by atoms with Crippen molar-refractivity contribution in [3.05, 3.63) is 192 Å². The van der Waals surface area contributed by atoms with Crippen LogP contribution in [0.2, 0.25) is 0 Å².